The first-order valence-electron chi connectivity index (χ1n) is 3.11. The predicted molar refractivity (Wildman–Crippen MR) is 43.3 cm³/mol. The maximum absolute atomic E-state index is 11.0. The van der Waals surface area contributed by atoms with Crippen LogP contribution in [0.2, 0.25) is 0 Å². The maximum Gasteiger partial charge on any atom is 1.00 e. The van der Waals surface area contributed by atoms with Crippen LogP contribution >= 0.6 is 0 Å². The molecule has 0 amide bonds. The average Bonchev–Trinajstić information content (AvgIpc) is 2.04. The molecule has 0 aliphatic rings. The molecule has 1 aromatic rings. The summed E-state index contributed by atoms with van der Waals surface area (Å²) in [6, 6.07) is 6.27. The van der Waals surface area contributed by atoms with Gasteiger partial charge in [-0.15, -0.1) is 0 Å². The summed E-state index contributed by atoms with van der Waals surface area (Å²) in [6.07, 6.45) is 0. The van der Waals surface area contributed by atoms with E-state index in [1.165, 1.54) is 18.2 Å². The van der Waals surface area contributed by atoms with Crippen LogP contribution in [0.5, 0.6) is 0 Å². The van der Waals surface area contributed by atoms with Gasteiger partial charge in [-0.1, -0.05) is 18.2 Å². The van der Waals surface area contributed by atoms with Crippen molar-refractivity contribution in [1.82, 2.24) is 0 Å². The van der Waals surface area contributed by atoms with Crippen molar-refractivity contribution in [2.45, 2.75) is 4.90 Å². The molecule has 0 bridgehead atoms. The Morgan fingerprint density at radius 2 is 1.36 bits per heavy atom. The van der Waals surface area contributed by atoms with Crippen LogP contribution in [0.15, 0.2) is 35.2 Å². The zero-order valence-corrected chi connectivity index (χ0v) is 12.0. The third-order valence-corrected chi connectivity index (χ3v) is 4.88. The molecule has 0 aliphatic carbocycles. The molecule has 0 unspecified atom stereocenters. The summed E-state index contributed by atoms with van der Waals surface area (Å²) in [5.41, 5.74) is 0. The van der Waals surface area contributed by atoms with E-state index in [2.05, 4.69) is 0 Å². The molecule has 0 heterocycles. The Bertz CT molecular complexity index is 490. The Balaban J connectivity index is 0.00000169. The average molecular weight is 260 g/mol. The monoisotopic (exact) mass is 260 g/mol. The molecule has 0 N–H and O–H groups in total. The second-order valence-electron chi connectivity index (χ2n) is 2.18. The summed E-state index contributed by atoms with van der Waals surface area (Å²) in [6.45, 7) is 0. The number of benzene rings is 1. The van der Waals surface area contributed by atoms with Gasteiger partial charge in [-0.2, -0.15) is 0 Å². The summed E-state index contributed by atoms with van der Waals surface area (Å²) in [4.78, 5) is -0.509. The van der Waals surface area contributed by atoms with Crippen LogP contribution in [0.4, 0.5) is 0 Å². The van der Waals surface area contributed by atoms with Crippen molar-refractivity contribution < 1.29 is 72.8 Å². The number of rotatable bonds is 2. The van der Waals surface area contributed by atoms with Crippen LogP contribution in [0.25, 0.3) is 0 Å². The zero-order valence-electron chi connectivity index (χ0n) is 7.24. The molecular formula is C6H5KO5S2. The fourth-order valence-electron chi connectivity index (χ4n) is 0.705. The molecule has 1 aromatic carbocycles. The van der Waals surface area contributed by atoms with Gasteiger partial charge in [0, 0.05) is 0 Å². The van der Waals surface area contributed by atoms with Crippen molar-refractivity contribution in [2.75, 3.05) is 0 Å². The van der Waals surface area contributed by atoms with Crippen molar-refractivity contribution in [1.29, 1.82) is 0 Å². The Hall–Kier alpha value is 0.716. The molecular weight excluding hydrogens is 255 g/mol. The fourth-order valence-corrected chi connectivity index (χ4v) is 2.47. The Kier molecular flexibility index (Phi) is 5.43. The van der Waals surface area contributed by atoms with Gasteiger partial charge >= 0.3 is 51.4 Å². The molecule has 1 rings (SSSR count). The van der Waals surface area contributed by atoms with Crippen molar-refractivity contribution in [3.63, 3.8) is 0 Å². The van der Waals surface area contributed by atoms with Gasteiger partial charge in [0.1, 0.15) is 0 Å². The van der Waals surface area contributed by atoms with Crippen LogP contribution in [0.3, 0.4) is 0 Å². The zero-order chi connectivity index (χ0) is 10.1. The van der Waals surface area contributed by atoms with Crippen LogP contribution in [-0.4, -0.2) is 21.4 Å². The van der Waals surface area contributed by atoms with Gasteiger partial charge < -0.3 is 4.55 Å². The maximum atomic E-state index is 11.0. The predicted octanol–water partition coefficient (Wildman–Crippen LogP) is -3.08. The van der Waals surface area contributed by atoms with Crippen molar-refractivity contribution >= 4 is 18.0 Å². The van der Waals surface area contributed by atoms with Crippen molar-refractivity contribution in [3.05, 3.63) is 30.3 Å². The minimum atomic E-state index is -5.33. The van der Waals surface area contributed by atoms with E-state index in [1.807, 2.05) is 0 Å². The minimum Gasteiger partial charge on any atom is -0.735 e. The molecule has 0 saturated carbocycles. The van der Waals surface area contributed by atoms with Crippen molar-refractivity contribution in [2.24, 2.45) is 0 Å². The van der Waals surface area contributed by atoms with Gasteiger partial charge in [0.25, 0.3) is 8.87 Å². The summed E-state index contributed by atoms with van der Waals surface area (Å²) in [5, 5.41) is 0. The molecule has 72 valence electrons. The quantitative estimate of drug-likeness (QED) is 0.319. The van der Waals surface area contributed by atoms with Crippen LogP contribution < -0.4 is 51.4 Å². The molecule has 0 radical (unpaired) electrons. The van der Waals surface area contributed by atoms with Gasteiger partial charge in [0.2, 0.25) is 9.15 Å². The van der Waals surface area contributed by atoms with Crippen molar-refractivity contribution in [3.8, 4) is 0 Å². The van der Waals surface area contributed by atoms with E-state index < -0.39 is 22.9 Å². The van der Waals surface area contributed by atoms with Gasteiger partial charge in [0.05, 0.1) is 4.90 Å². The minimum absolute atomic E-state index is 0. The summed E-state index contributed by atoms with van der Waals surface area (Å²) >= 11 is 0. The SMILES string of the molecule is O=S(=O)([O-])S(=O)(=O)c1ccccc1.[K+]. The summed E-state index contributed by atoms with van der Waals surface area (Å²) in [5.74, 6) is 0. The van der Waals surface area contributed by atoms with Gasteiger partial charge in [-0.25, -0.2) is 16.8 Å². The third kappa shape index (κ3) is 3.10. The first-order chi connectivity index (χ1) is 5.86. The molecule has 0 spiro atoms. The van der Waals surface area contributed by atoms with E-state index in [9.17, 15) is 21.4 Å². The summed E-state index contributed by atoms with van der Waals surface area (Å²) < 4.78 is 52.8. The molecule has 14 heavy (non-hydrogen) atoms. The molecule has 0 saturated heterocycles. The van der Waals surface area contributed by atoms with E-state index in [-0.39, 0.29) is 51.4 Å². The van der Waals surface area contributed by atoms with E-state index in [0.29, 0.717) is 0 Å². The topological polar surface area (TPSA) is 91.3 Å². The van der Waals surface area contributed by atoms with Gasteiger partial charge in [0.15, 0.2) is 0 Å². The van der Waals surface area contributed by atoms with E-state index >= 15 is 0 Å². The largest absolute Gasteiger partial charge is 1.00 e. The van der Waals surface area contributed by atoms with E-state index in [0.717, 1.165) is 12.1 Å². The molecule has 5 nitrogen and oxygen atoms in total. The van der Waals surface area contributed by atoms with Gasteiger partial charge in [-0.3, -0.25) is 0 Å². The van der Waals surface area contributed by atoms with E-state index in [1.54, 1.807) is 0 Å². The van der Waals surface area contributed by atoms with Crippen LogP contribution in [0.1, 0.15) is 0 Å². The van der Waals surface area contributed by atoms with Gasteiger partial charge in [-0.05, 0) is 12.1 Å². The molecule has 8 heteroatoms. The van der Waals surface area contributed by atoms with Crippen LogP contribution in [-0.2, 0) is 18.0 Å². The summed E-state index contributed by atoms with van der Waals surface area (Å²) in [7, 11) is -10.1. The normalized spacial score (nSPS) is 11.8. The molecule has 0 aromatic heterocycles. The first kappa shape index (κ1) is 14.7. The number of hydrogen-bond acceptors (Lipinski definition) is 5. The first-order valence-corrected chi connectivity index (χ1v) is 6.52. The second kappa shape index (κ2) is 5.17. The third-order valence-electron chi connectivity index (χ3n) is 1.30. The second-order valence-corrected chi connectivity index (χ2v) is 6.91. The smallest absolute Gasteiger partial charge is 0.735 e. The number of hydrogen-bond donors (Lipinski definition) is 0. The fraction of sp³-hybridized carbons (Fsp3) is 0. The molecule has 0 atom stereocenters. The van der Waals surface area contributed by atoms with Crippen LogP contribution in [0, 0.1) is 0 Å². The Morgan fingerprint density at radius 3 is 1.71 bits per heavy atom. The molecule has 0 fully saturated rings. The standard InChI is InChI=1S/C6H6O5S2.K/c7-12(8,13(9,10)11)6-4-2-1-3-5-6;/h1-5H,(H,9,10,11);/q;+1/p-1. The Labute approximate surface area is 124 Å². The van der Waals surface area contributed by atoms with E-state index in [4.69, 9.17) is 0 Å². The Morgan fingerprint density at radius 1 is 0.929 bits per heavy atom. The molecule has 0 aliphatic heterocycles.